The van der Waals surface area contributed by atoms with Crippen LogP contribution in [0.1, 0.15) is 70.4 Å². The molecule has 0 radical (unpaired) electrons. The number of para-hydroxylation sites is 1. The number of ether oxygens (including phenoxy) is 1. The largest absolute Gasteiger partial charge is 0.465 e. The van der Waals surface area contributed by atoms with E-state index < -0.39 is 0 Å². The molecular weight excluding hydrogens is 610 g/mol. The smallest absolute Gasteiger partial charge is 0.319 e. The van der Waals surface area contributed by atoms with Crippen LogP contribution in [-0.4, -0.2) is 106 Å². The van der Waals surface area contributed by atoms with Crippen molar-refractivity contribution in [2.75, 3.05) is 63.1 Å². The molecule has 0 atom stereocenters. The summed E-state index contributed by atoms with van der Waals surface area (Å²) in [6.45, 7) is 7.87. The molecule has 1 aliphatic heterocycles. The Balaban J connectivity index is 1.02. The minimum atomic E-state index is -0.354. The fourth-order valence-electron chi connectivity index (χ4n) is 6.34. The standard InChI is InChI=1S/C34H53N11O3/c1-2-48-32(47)24-36-23-31(46)44-20-14-27(15-21-44)39-33-29-12-6-7-13-30(29)40-34(41-33)38-22-28-25-45(43-42-28)19-9-17-35-16-8-18-37-26-10-4-3-5-11-26/h6-7,12-13,25-27,35-37H,2-5,8-11,14-24H2,1H3,(H2,38,39,40,41). The molecule has 3 heterocycles. The van der Waals surface area contributed by atoms with Crippen molar-refractivity contribution in [3.05, 3.63) is 36.2 Å². The highest BCUT2D eigenvalue weighted by Crippen LogP contribution is 2.25. The molecule has 14 nitrogen and oxygen atoms in total. The summed E-state index contributed by atoms with van der Waals surface area (Å²) >= 11 is 0. The molecule has 2 aliphatic rings. The van der Waals surface area contributed by atoms with Gasteiger partial charge in [-0.2, -0.15) is 4.98 Å². The first-order chi connectivity index (χ1) is 23.6. The van der Waals surface area contributed by atoms with Crippen molar-refractivity contribution in [1.29, 1.82) is 0 Å². The van der Waals surface area contributed by atoms with Crippen molar-refractivity contribution in [3.8, 4) is 0 Å². The first-order valence-corrected chi connectivity index (χ1v) is 17.8. The SMILES string of the molecule is CCOC(=O)CNCC(=O)N1CCC(Nc2nc(NCc3cn(CCCNCCCNC4CCCCC4)nn3)nc3ccccc23)CC1. The highest BCUT2D eigenvalue weighted by atomic mass is 16.5. The summed E-state index contributed by atoms with van der Waals surface area (Å²) in [4.78, 5) is 35.5. The summed E-state index contributed by atoms with van der Waals surface area (Å²) in [5, 5.41) is 26.7. The molecule has 0 spiro atoms. The van der Waals surface area contributed by atoms with E-state index in [1.54, 1.807) is 6.92 Å². The van der Waals surface area contributed by atoms with Gasteiger partial charge >= 0.3 is 5.97 Å². The van der Waals surface area contributed by atoms with E-state index in [2.05, 4.69) is 36.9 Å². The number of carbonyl (C=O) groups excluding carboxylic acids is 2. The van der Waals surface area contributed by atoms with E-state index in [1.165, 1.54) is 32.1 Å². The summed E-state index contributed by atoms with van der Waals surface area (Å²) in [7, 11) is 0. The summed E-state index contributed by atoms with van der Waals surface area (Å²) in [6, 6.07) is 8.85. The Morgan fingerprint density at radius 2 is 1.73 bits per heavy atom. The molecule has 1 aliphatic carbocycles. The van der Waals surface area contributed by atoms with E-state index in [0.29, 0.717) is 32.2 Å². The monoisotopic (exact) mass is 663 g/mol. The molecule has 2 aromatic heterocycles. The van der Waals surface area contributed by atoms with Crippen molar-refractivity contribution in [1.82, 2.24) is 45.8 Å². The normalized spacial score (nSPS) is 15.9. The first-order valence-electron chi connectivity index (χ1n) is 17.8. The van der Waals surface area contributed by atoms with Gasteiger partial charge in [0.25, 0.3) is 0 Å². The Hall–Kier alpha value is -3.88. The third-order valence-electron chi connectivity index (χ3n) is 8.97. The lowest BCUT2D eigenvalue weighted by Gasteiger charge is -2.33. The van der Waals surface area contributed by atoms with Crippen LogP contribution in [0.25, 0.3) is 10.9 Å². The lowest BCUT2D eigenvalue weighted by molar-refractivity contribution is -0.142. The minimum Gasteiger partial charge on any atom is -0.465 e. The second-order valence-corrected chi connectivity index (χ2v) is 12.7. The van der Waals surface area contributed by atoms with Crippen LogP contribution in [-0.2, 0) is 27.4 Å². The molecule has 1 saturated carbocycles. The lowest BCUT2D eigenvalue weighted by atomic mass is 9.95. The number of benzene rings is 1. The molecule has 1 saturated heterocycles. The van der Waals surface area contributed by atoms with Crippen LogP contribution in [0, 0.1) is 0 Å². The fraction of sp³-hybridized carbons (Fsp3) is 0.647. The number of rotatable bonds is 19. The average Bonchev–Trinajstić information content (AvgIpc) is 3.57. The number of anilines is 2. The molecule has 5 rings (SSSR count). The second-order valence-electron chi connectivity index (χ2n) is 12.7. The van der Waals surface area contributed by atoms with Gasteiger partial charge in [0.1, 0.15) is 11.5 Å². The number of amides is 1. The molecule has 2 fully saturated rings. The topological polar surface area (TPSA) is 163 Å². The Labute approximate surface area is 283 Å². The molecule has 14 heteroatoms. The summed E-state index contributed by atoms with van der Waals surface area (Å²) < 4.78 is 6.79. The van der Waals surface area contributed by atoms with Crippen LogP contribution < -0.4 is 26.6 Å². The number of nitrogens with one attached hydrogen (secondary N) is 5. The van der Waals surface area contributed by atoms with Gasteiger partial charge in [-0.25, -0.2) is 4.98 Å². The van der Waals surface area contributed by atoms with Gasteiger partial charge in [0.15, 0.2) is 0 Å². The molecular formula is C34H53N11O3. The zero-order valence-corrected chi connectivity index (χ0v) is 28.4. The van der Waals surface area contributed by atoms with Crippen molar-refractivity contribution < 1.29 is 14.3 Å². The van der Waals surface area contributed by atoms with Gasteiger partial charge in [0.2, 0.25) is 11.9 Å². The van der Waals surface area contributed by atoms with Gasteiger partial charge in [-0.1, -0.05) is 36.6 Å². The molecule has 48 heavy (non-hydrogen) atoms. The molecule has 262 valence electrons. The molecule has 1 amide bonds. The van der Waals surface area contributed by atoms with Gasteiger partial charge in [0, 0.05) is 37.1 Å². The van der Waals surface area contributed by atoms with Crippen molar-refractivity contribution >= 4 is 34.5 Å². The van der Waals surface area contributed by atoms with Gasteiger partial charge in [-0.3, -0.25) is 19.6 Å². The number of likely N-dealkylation sites (tertiary alicyclic amines) is 1. The van der Waals surface area contributed by atoms with Crippen molar-refractivity contribution in [2.45, 2.75) is 89.9 Å². The third-order valence-corrected chi connectivity index (χ3v) is 8.97. The van der Waals surface area contributed by atoms with Crippen LogP contribution in [0.3, 0.4) is 0 Å². The second kappa shape index (κ2) is 19.2. The zero-order chi connectivity index (χ0) is 33.4. The van der Waals surface area contributed by atoms with E-state index in [1.807, 2.05) is 40.0 Å². The van der Waals surface area contributed by atoms with Crippen LogP contribution >= 0.6 is 0 Å². The number of aromatic nitrogens is 5. The van der Waals surface area contributed by atoms with Gasteiger partial charge in [-0.05, 0) is 77.2 Å². The lowest BCUT2D eigenvalue weighted by Crippen LogP contribution is -2.46. The van der Waals surface area contributed by atoms with E-state index in [4.69, 9.17) is 14.7 Å². The third kappa shape index (κ3) is 11.4. The number of piperidine rings is 1. The number of fused-ring (bicyclic) bond motifs is 1. The number of hydrogen-bond donors (Lipinski definition) is 5. The van der Waals surface area contributed by atoms with Crippen LogP contribution in [0.15, 0.2) is 30.5 Å². The Morgan fingerprint density at radius 1 is 0.917 bits per heavy atom. The highest BCUT2D eigenvalue weighted by molar-refractivity contribution is 5.90. The molecule has 1 aromatic carbocycles. The van der Waals surface area contributed by atoms with Gasteiger partial charge in [0.05, 0.1) is 38.0 Å². The van der Waals surface area contributed by atoms with Crippen LogP contribution in [0.2, 0.25) is 0 Å². The summed E-state index contributed by atoms with van der Waals surface area (Å²) in [5.41, 5.74) is 1.68. The minimum absolute atomic E-state index is 0.0154. The predicted octanol–water partition coefficient (Wildman–Crippen LogP) is 2.68. The molecule has 0 bridgehead atoms. The summed E-state index contributed by atoms with van der Waals surface area (Å²) in [6.07, 6.45) is 12.5. The number of esters is 1. The van der Waals surface area contributed by atoms with E-state index in [9.17, 15) is 9.59 Å². The van der Waals surface area contributed by atoms with Crippen molar-refractivity contribution in [3.63, 3.8) is 0 Å². The van der Waals surface area contributed by atoms with Crippen LogP contribution in [0.4, 0.5) is 11.8 Å². The van der Waals surface area contributed by atoms with E-state index in [0.717, 1.165) is 80.3 Å². The molecule has 5 N–H and O–H groups in total. The number of aryl methyl sites for hydroxylation is 1. The highest BCUT2D eigenvalue weighted by Gasteiger charge is 2.24. The van der Waals surface area contributed by atoms with Gasteiger partial charge in [-0.15, -0.1) is 5.10 Å². The van der Waals surface area contributed by atoms with E-state index >= 15 is 0 Å². The van der Waals surface area contributed by atoms with E-state index in [-0.39, 0.29) is 31.0 Å². The summed E-state index contributed by atoms with van der Waals surface area (Å²) in [5.74, 6) is 0.920. The van der Waals surface area contributed by atoms with Gasteiger partial charge < -0.3 is 30.9 Å². The van der Waals surface area contributed by atoms with Crippen LogP contribution in [0.5, 0.6) is 0 Å². The molecule has 3 aromatic rings. The Morgan fingerprint density at radius 3 is 2.56 bits per heavy atom. The number of carbonyl (C=O) groups is 2. The maximum atomic E-state index is 12.6. The predicted molar refractivity (Wildman–Crippen MR) is 187 cm³/mol. The Kier molecular flexibility index (Phi) is 14.2. The number of nitrogens with zero attached hydrogens (tertiary/aromatic N) is 6. The average molecular weight is 664 g/mol. The molecule has 0 unspecified atom stereocenters. The maximum absolute atomic E-state index is 12.6. The first kappa shape index (κ1) is 35.4. The Bertz CT molecular complexity index is 1420. The zero-order valence-electron chi connectivity index (χ0n) is 28.4. The maximum Gasteiger partial charge on any atom is 0.319 e. The fourth-order valence-corrected chi connectivity index (χ4v) is 6.34. The quantitative estimate of drug-likeness (QED) is 0.0943. The number of hydrogen-bond acceptors (Lipinski definition) is 12. The van der Waals surface area contributed by atoms with Crippen molar-refractivity contribution in [2.24, 2.45) is 0 Å².